The summed E-state index contributed by atoms with van der Waals surface area (Å²) in [5.41, 5.74) is 0. The number of unbranched alkanes of at least 4 members (excludes halogenated alkanes) is 9. The van der Waals surface area contributed by atoms with Crippen LogP contribution in [0.25, 0.3) is 0 Å². The van der Waals surface area contributed by atoms with Crippen LogP contribution in [0.5, 0.6) is 0 Å². The van der Waals surface area contributed by atoms with Crippen molar-refractivity contribution in [1.82, 2.24) is 4.90 Å². The van der Waals surface area contributed by atoms with Crippen LogP contribution < -0.4 is 29.6 Å². The molecule has 6 nitrogen and oxygen atoms in total. The fraction of sp³-hybridized carbons (Fsp3) is 0.947. The number of rotatable bonds is 18. The Kier molecular flexibility index (Phi) is 21.5. The summed E-state index contributed by atoms with van der Waals surface area (Å²) < 4.78 is 36.8. The predicted octanol–water partition coefficient (Wildman–Crippen LogP) is 0.712. The second kappa shape index (κ2) is 19.6. The van der Waals surface area contributed by atoms with Gasteiger partial charge in [0.1, 0.15) is 0 Å². The Bertz CT molecular complexity index is 445. The Morgan fingerprint density at radius 2 is 1.33 bits per heavy atom. The molecule has 0 amide bonds. The summed E-state index contributed by atoms with van der Waals surface area (Å²) in [7, 11) is -2.81. The van der Waals surface area contributed by atoms with E-state index in [1.165, 1.54) is 58.5 Å². The molecule has 0 N–H and O–H groups in total. The van der Waals surface area contributed by atoms with Gasteiger partial charge in [0, 0.05) is 12.3 Å². The van der Waals surface area contributed by atoms with Crippen molar-refractivity contribution < 1.29 is 52.1 Å². The molecular formula is C19H38NNaO5S. The minimum atomic E-state index is -4.17. The zero-order chi connectivity index (χ0) is 19.7. The molecule has 0 aliphatic heterocycles. The Hall–Kier alpha value is 0.340. The minimum Gasteiger partial charge on any atom is -0.748 e. The van der Waals surface area contributed by atoms with Crippen LogP contribution in [0.2, 0.25) is 0 Å². The van der Waals surface area contributed by atoms with Crippen LogP contribution in [0.1, 0.15) is 84.0 Å². The Morgan fingerprint density at radius 3 is 1.81 bits per heavy atom. The number of carbonyl (C=O) groups excluding carboxylic acids is 1. The van der Waals surface area contributed by atoms with Gasteiger partial charge in [0.15, 0.2) is 0 Å². The van der Waals surface area contributed by atoms with Gasteiger partial charge in [-0.25, -0.2) is 8.42 Å². The average Bonchev–Trinajstić information content (AvgIpc) is 2.59. The van der Waals surface area contributed by atoms with E-state index in [2.05, 4.69) is 16.6 Å². The third-order valence-corrected chi connectivity index (χ3v) is 5.35. The maximum atomic E-state index is 11.3. The second-order valence-corrected chi connectivity index (χ2v) is 8.49. The van der Waals surface area contributed by atoms with Gasteiger partial charge in [-0.05, 0) is 25.9 Å². The van der Waals surface area contributed by atoms with E-state index < -0.39 is 10.1 Å². The summed E-state index contributed by atoms with van der Waals surface area (Å²) in [6, 6.07) is 0. The number of hydrogen-bond acceptors (Lipinski definition) is 6. The van der Waals surface area contributed by atoms with Crippen molar-refractivity contribution >= 4 is 16.1 Å². The fourth-order valence-corrected chi connectivity index (χ4v) is 3.46. The van der Waals surface area contributed by atoms with E-state index in [0.717, 1.165) is 19.4 Å². The van der Waals surface area contributed by atoms with Crippen molar-refractivity contribution in [2.75, 3.05) is 32.5 Å². The molecule has 0 rings (SSSR count). The molecule has 27 heavy (non-hydrogen) atoms. The molecule has 0 atom stereocenters. The molecule has 0 saturated carbocycles. The standard InChI is InChI=1S/C19H39NO5S.Na/c1-3-4-5-6-7-8-9-10-11-12-15-20(17-14-19(21)25-2)16-13-18-26(22,23)24;/h3-18H2,1-2H3,(H,22,23,24);/q;+1/p-1. The zero-order valence-corrected chi connectivity index (χ0v) is 20.5. The SMILES string of the molecule is CCCCCCCCCCCCN(CCCS(=O)(=O)[O-])CCC(=O)OC.[Na+]. The molecule has 0 unspecified atom stereocenters. The molecule has 0 aromatic carbocycles. The molecule has 0 aromatic rings. The number of carbonyl (C=O) groups is 1. The first-order valence-corrected chi connectivity index (χ1v) is 11.7. The molecule has 0 spiro atoms. The van der Waals surface area contributed by atoms with Gasteiger partial charge in [-0.15, -0.1) is 0 Å². The first kappa shape index (κ1) is 29.5. The summed E-state index contributed by atoms with van der Waals surface area (Å²) in [5.74, 6) is -0.616. The van der Waals surface area contributed by atoms with Crippen molar-refractivity contribution in [3.8, 4) is 0 Å². The van der Waals surface area contributed by atoms with Crippen LogP contribution in [-0.2, 0) is 19.6 Å². The topological polar surface area (TPSA) is 86.7 Å². The van der Waals surface area contributed by atoms with Gasteiger partial charge in [-0.3, -0.25) is 4.79 Å². The molecule has 0 aromatic heterocycles. The second-order valence-electron chi connectivity index (χ2n) is 6.97. The summed E-state index contributed by atoms with van der Waals surface area (Å²) in [5, 5.41) is 0. The van der Waals surface area contributed by atoms with Gasteiger partial charge < -0.3 is 14.2 Å². The summed E-state index contributed by atoms with van der Waals surface area (Å²) in [4.78, 5) is 13.4. The van der Waals surface area contributed by atoms with Gasteiger partial charge >= 0.3 is 35.5 Å². The normalized spacial score (nSPS) is 11.4. The maximum absolute atomic E-state index is 11.3. The van der Waals surface area contributed by atoms with Crippen LogP contribution in [-0.4, -0.2) is 56.3 Å². The van der Waals surface area contributed by atoms with E-state index in [4.69, 9.17) is 0 Å². The number of methoxy groups -OCH3 is 1. The number of ether oxygens (including phenoxy) is 1. The van der Waals surface area contributed by atoms with Crippen LogP contribution in [0.15, 0.2) is 0 Å². The van der Waals surface area contributed by atoms with Crippen molar-refractivity contribution in [2.45, 2.75) is 84.0 Å². The molecule has 156 valence electrons. The average molecular weight is 416 g/mol. The first-order chi connectivity index (χ1) is 12.4. The largest absolute Gasteiger partial charge is 1.00 e. The molecule has 0 heterocycles. The van der Waals surface area contributed by atoms with E-state index in [-0.39, 0.29) is 41.3 Å². The van der Waals surface area contributed by atoms with Crippen molar-refractivity contribution in [3.05, 3.63) is 0 Å². The molecule has 0 fully saturated rings. The monoisotopic (exact) mass is 415 g/mol. The van der Waals surface area contributed by atoms with Crippen LogP contribution in [0, 0.1) is 0 Å². The van der Waals surface area contributed by atoms with Crippen molar-refractivity contribution in [3.63, 3.8) is 0 Å². The quantitative estimate of drug-likeness (QED) is 0.142. The summed E-state index contributed by atoms with van der Waals surface area (Å²) >= 11 is 0. The van der Waals surface area contributed by atoms with Crippen molar-refractivity contribution in [2.24, 2.45) is 0 Å². The first-order valence-electron chi connectivity index (χ1n) is 10.1. The Labute approximate surface area is 188 Å². The minimum absolute atomic E-state index is 0. The molecule has 8 heteroatoms. The van der Waals surface area contributed by atoms with Gasteiger partial charge in [-0.2, -0.15) is 0 Å². The van der Waals surface area contributed by atoms with E-state index in [1.807, 2.05) is 0 Å². The van der Waals surface area contributed by atoms with Gasteiger partial charge in [-0.1, -0.05) is 64.7 Å². The van der Waals surface area contributed by atoms with E-state index in [9.17, 15) is 17.8 Å². The predicted molar refractivity (Wildman–Crippen MR) is 104 cm³/mol. The van der Waals surface area contributed by atoms with Crippen LogP contribution >= 0.6 is 0 Å². The Balaban J connectivity index is 0. The van der Waals surface area contributed by atoms with Gasteiger partial charge in [0.25, 0.3) is 0 Å². The summed E-state index contributed by atoms with van der Waals surface area (Å²) in [6.07, 6.45) is 13.2. The van der Waals surface area contributed by atoms with Crippen molar-refractivity contribution in [1.29, 1.82) is 0 Å². The van der Waals surface area contributed by atoms with Crippen LogP contribution in [0.4, 0.5) is 0 Å². The van der Waals surface area contributed by atoms with Gasteiger partial charge in [0.2, 0.25) is 0 Å². The number of nitrogens with zero attached hydrogens (tertiary/aromatic N) is 1. The molecule has 0 aliphatic rings. The number of esters is 1. The third-order valence-electron chi connectivity index (χ3n) is 4.56. The van der Waals surface area contributed by atoms with E-state index in [0.29, 0.717) is 25.9 Å². The molecule has 0 aliphatic carbocycles. The third kappa shape index (κ3) is 22.5. The summed E-state index contributed by atoms with van der Waals surface area (Å²) in [6.45, 7) is 4.12. The molecule has 0 bridgehead atoms. The smallest absolute Gasteiger partial charge is 0.748 e. The zero-order valence-electron chi connectivity index (χ0n) is 17.7. The maximum Gasteiger partial charge on any atom is 1.00 e. The van der Waals surface area contributed by atoms with Gasteiger partial charge in [0.05, 0.1) is 23.6 Å². The van der Waals surface area contributed by atoms with E-state index >= 15 is 0 Å². The molecule has 0 saturated heterocycles. The molecular weight excluding hydrogens is 377 g/mol. The van der Waals surface area contributed by atoms with E-state index in [1.54, 1.807) is 0 Å². The number of hydrogen-bond donors (Lipinski definition) is 0. The molecule has 0 radical (unpaired) electrons. The van der Waals surface area contributed by atoms with Crippen LogP contribution in [0.3, 0.4) is 0 Å². The Morgan fingerprint density at radius 1 is 0.852 bits per heavy atom. The fourth-order valence-electron chi connectivity index (χ4n) is 2.97.